The first-order chi connectivity index (χ1) is 11.0. The third-order valence-corrected chi connectivity index (χ3v) is 8.35. The predicted octanol–water partition coefficient (Wildman–Crippen LogP) is 5.83. The Morgan fingerprint density at radius 3 is 2.57 bits per heavy atom. The van der Waals surface area contributed by atoms with Crippen molar-refractivity contribution in [3.63, 3.8) is 0 Å². The van der Waals surface area contributed by atoms with Gasteiger partial charge in [0.25, 0.3) is 0 Å². The van der Waals surface area contributed by atoms with Crippen LogP contribution in [0, 0.1) is 17.8 Å². The van der Waals surface area contributed by atoms with E-state index in [0.717, 1.165) is 23.0 Å². The first kappa shape index (κ1) is 15.6. The van der Waals surface area contributed by atoms with E-state index >= 15 is 0 Å². The van der Waals surface area contributed by atoms with Gasteiger partial charge in [-0.15, -0.1) is 11.8 Å². The van der Waals surface area contributed by atoms with Crippen LogP contribution in [0.4, 0.5) is 5.69 Å². The lowest BCUT2D eigenvalue weighted by molar-refractivity contribution is 0.382. The molecule has 1 fully saturated rings. The highest BCUT2D eigenvalue weighted by Gasteiger charge is 2.51. The number of hydrogen-bond donors (Lipinski definition) is 1. The molecule has 0 aromatic heterocycles. The maximum atomic E-state index is 3.82. The highest BCUT2D eigenvalue weighted by molar-refractivity contribution is 8.04. The molecule has 2 aliphatic heterocycles. The Kier molecular flexibility index (Phi) is 3.79. The summed E-state index contributed by atoms with van der Waals surface area (Å²) in [5, 5.41) is 4.56. The number of hydrogen-bond acceptors (Lipinski definition) is 2. The molecule has 1 aliphatic carbocycles. The quantitative estimate of drug-likeness (QED) is 0.696. The Labute approximate surface area is 145 Å². The van der Waals surface area contributed by atoms with E-state index in [1.165, 1.54) is 24.1 Å². The van der Waals surface area contributed by atoms with Crippen LogP contribution in [0.2, 0.25) is 0 Å². The predicted molar refractivity (Wildman–Crippen MR) is 102 cm³/mol. The molecule has 1 aromatic carbocycles. The number of allylic oxidation sites excluding steroid dienone is 2. The van der Waals surface area contributed by atoms with E-state index < -0.39 is 0 Å². The number of fused-ring (bicyclic) bond motifs is 2. The molecule has 0 amide bonds. The second-order valence-electron chi connectivity index (χ2n) is 8.06. The molecule has 2 heteroatoms. The van der Waals surface area contributed by atoms with E-state index in [0.29, 0.717) is 12.0 Å². The zero-order valence-electron chi connectivity index (χ0n) is 15.0. The van der Waals surface area contributed by atoms with Gasteiger partial charge in [0.2, 0.25) is 0 Å². The number of anilines is 1. The first-order valence-electron chi connectivity index (χ1n) is 9.21. The van der Waals surface area contributed by atoms with Gasteiger partial charge >= 0.3 is 0 Å². The van der Waals surface area contributed by atoms with Crippen molar-refractivity contribution in [2.45, 2.75) is 64.7 Å². The first-order valence-corrected chi connectivity index (χ1v) is 10.1. The third kappa shape index (κ3) is 2.28. The molecule has 0 radical (unpaired) electrons. The van der Waals surface area contributed by atoms with Gasteiger partial charge in [0, 0.05) is 22.9 Å². The summed E-state index contributed by atoms with van der Waals surface area (Å²) in [4.78, 5) is 1.58. The number of aryl methyl sites for hydroxylation is 1. The molecule has 0 bridgehead atoms. The number of nitrogens with one attached hydrogen (secondary N) is 1. The highest BCUT2D eigenvalue weighted by atomic mass is 32.2. The van der Waals surface area contributed by atoms with Gasteiger partial charge in [-0.2, -0.15) is 0 Å². The van der Waals surface area contributed by atoms with Crippen molar-refractivity contribution < 1.29 is 0 Å². The smallest absolute Gasteiger partial charge is 0.0410 e. The topological polar surface area (TPSA) is 12.0 Å². The van der Waals surface area contributed by atoms with Crippen molar-refractivity contribution in [2.24, 2.45) is 17.8 Å². The van der Waals surface area contributed by atoms with Gasteiger partial charge in [0.05, 0.1) is 0 Å². The minimum atomic E-state index is 0.603. The van der Waals surface area contributed by atoms with Gasteiger partial charge in [0.1, 0.15) is 0 Å². The van der Waals surface area contributed by atoms with Crippen LogP contribution in [-0.2, 0) is 6.42 Å². The molecule has 0 spiro atoms. The molecule has 124 valence electrons. The Hall–Kier alpha value is -0.890. The van der Waals surface area contributed by atoms with Crippen LogP contribution in [0.5, 0.6) is 0 Å². The maximum absolute atomic E-state index is 3.82. The average Bonchev–Trinajstić information content (AvgIpc) is 2.94. The average molecular weight is 328 g/mol. The van der Waals surface area contributed by atoms with Crippen molar-refractivity contribution in [3.05, 3.63) is 39.8 Å². The summed E-state index contributed by atoms with van der Waals surface area (Å²) < 4.78 is 0. The Bertz CT molecular complexity index is 662. The molecule has 1 N–H and O–H groups in total. The van der Waals surface area contributed by atoms with Gasteiger partial charge in [-0.05, 0) is 67.4 Å². The summed E-state index contributed by atoms with van der Waals surface area (Å²) in [6.45, 7) is 12.0. The van der Waals surface area contributed by atoms with E-state index in [4.69, 9.17) is 0 Å². The van der Waals surface area contributed by atoms with E-state index in [2.05, 4.69) is 69.9 Å². The zero-order valence-corrected chi connectivity index (χ0v) is 15.8. The lowest BCUT2D eigenvalue weighted by atomic mass is 9.83. The molecule has 1 saturated carbocycles. The van der Waals surface area contributed by atoms with Gasteiger partial charge in [0.15, 0.2) is 0 Å². The molecular weight excluding hydrogens is 298 g/mol. The standard InChI is InChI=1S/C21H29NS/c1-11-9-10-16-7-6-8-17(20(16)22-11)19-13(3)12(2)18-14(4)15(5)23-21(18)19/h6-8,11-13,18-19,21-22H,9-10H2,1-5H3. The number of thioether (sulfide) groups is 1. The van der Waals surface area contributed by atoms with E-state index in [1.54, 1.807) is 16.0 Å². The van der Waals surface area contributed by atoms with Crippen LogP contribution in [0.1, 0.15) is 58.1 Å². The van der Waals surface area contributed by atoms with E-state index in [9.17, 15) is 0 Å². The summed E-state index contributed by atoms with van der Waals surface area (Å²) in [5.74, 6) is 3.00. The normalized spacial score (nSPS) is 39.2. The second kappa shape index (κ2) is 5.58. The van der Waals surface area contributed by atoms with Crippen LogP contribution in [-0.4, -0.2) is 11.3 Å². The van der Waals surface area contributed by atoms with Crippen LogP contribution < -0.4 is 5.32 Å². The van der Waals surface area contributed by atoms with Crippen LogP contribution in [0.25, 0.3) is 0 Å². The molecule has 6 unspecified atom stereocenters. The minimum absolute atomic E-state index is 0.603. The molecule has 2 heterocycles. The zero-order chi connectivity index (χ0) is 16.3. The van der Waals surface area contributed by atoms with Crippen LogP contribution in [0.3, 0.4) is 0 Å². The molecule has 6 atom stereocenters. The van der Waals surface area contributed by atoms with Gasteiger partial charge in [-0.3, -0.25) is 0 Å². The number of rotatable bonds is 1. The summed E-state index contributed by atoms with van der Waals surface area (Å²) in [6.07, 6.45) is 2.49. The van der Waals surface area contributed by atoms with Crippen LogP contribution in [0.15, 0.2) is 28.7 Å². The summed E-state index contributed by atoms with van der Waals surface area (Å²) >= 11 is 2.16. The Morgan fingerprint density at radius 2 is 1.78 bits per heavy atom. The monoisotopic (exact) mass is 327 g/mol. The second-order valence-corrected chi connectivity index (χ2v) is 9.45. The number of para-hydroxylation sites is 1. The number of benzene rings is 1. The Balaban J connectivity index is 1.77. The molecule has 1 aromatic rings. The molecule has 23 heavy (non-hydrogen) atoms. The van der Waals surface area contributed by atoms with Crippen molar-refractivity contribution in [3.8, 4) is 0 Å². The SMILES string of the molecule is CC1=C(C)C2C(C)C(C)C(c3cccc4c3NC(C)CC4)C2S1. The van der Waals surface area contributed by atoms with Crippen molar-refractivity contribution in [2.75, 3.05) is 5.32 Å². The molecule has 1 nitrogen and oxygen atoms in total. The summed E-state index contributed by atoms with van der Waals surface area (Å²) in [5.41, 5.74) is 6.26. The van der Waals surface area contributed by atoms with Gasteiger partial charge in [-0.1, -0.05) is 37.6 Å². The lowest BCUT2D eigenvalue weighted by Gasteiger charge is -2.31. The van der Waals surface area contributed by atoms with E-state index in [1.807, 2.05) is 0 Å². The van der Waals surface area contributed by atoms with Crippen molar-refractivity contribution in [1.29, 1.82) is 0 Å². The fourth-order valence-corrected chi connectivity index (χ4v) is 7.10. The van der Waals surface area contributed by atoms with Gasteiger partial charge < -0.3 is 5.32 Å². The molecule has 3 aliphatic rings. The maximum Gasteiger partial charge on any atom is 0.0410 e. The van der Waals surface area contributed by atoms with E-state index in [-0.39, 0.29) is 0 Å². The molecule has 0 saturated heterocycles. The Morgan fingerprint density at radius 1 is 1.04 bits per heavy atom. The lowest BCUT2D eigenvalue weighted by Crippen LogP contribution is -2.25. The van der Waals surface area contributed by atoms with Crippen LogP contribution >= 0.6 is 11.8 Å². The largest absolute Gasteiger partial charge is 0.382 e. The van der Waals surface area contributed by atoms with Crippen molar-refractivity contribution in [1.82, 2.24) is 0 Å². The molecule has 4 rings (SSSR count). The molecular formula is C21H29NS. The fraction of sp³-hybridized carbons (Fsp3) is 0.619. The van der Waals surface area contributed by atoms with Gasteiger partial charge in [-0.25, -0.2) is 0 Å². The fourth-order valence-electron chi connectivity index (χ4n) is 5.23. The highest BCUT2D eigenvalue weighted by Crippen LogP contribution is 2.61. The summed E-state index contributed by atoms with van der Waals surface area (Å²) in [7, 11) is 0. The minimum Gasteiger partial charge on any atom is -0.382 e. The summed E-state index contributed by atoms with van der Waals surface area (Å²) in [6, 6.07) is 7.63. The van der Waals surface area contributed by atoms with Crippen molar-refractivity contribution >= 4 is 17.4 Å². The third-order valence-electron chi connectivity index (χ3n) is 6.82.